The van der Waals surface area contributed by atoms with Crippen LogP contribution in [0.2, 0.25) is 0 Å². The third-order valence-electron chi connectivity index (χ3n) is 3.89. The Morgan fingerprint density at radius 2 is 1.95 bits per heavy atom. The van der Waals surface area contributed by atoms with E-state index in [1.165, 1.54) is 0 Å². The average molecular weight is 293 g/mol. The lowest BCUT2D eigenvalue weighted by atomic mass is 10.1. The summed E-state index contributed by atoms with van der Waals surface area (Å²) in [5.41, 5.74) is 0.836. The van der Waals surface area contributed by atoms with Crippen LogP contribution in [0.3, 0.4) is 0 Å². The topological polar surface area (TPSA) is 84.2 Å². The number of oxazole rings is 1. The van der Waals surface area contributed by atoms with Crippen molar-refractivity contribution in [3.63, 3.8) is 0 Å². The molecule has 1 heterocycles. The van der Waals surface area contributed by atoms with Crippen molar-refractivity contribution < 1.29 is 14.0 Å². The summed E-state index contributed by atoms with van der Waals surface area (Å²) in [6, 6.07) is 0. The van der Waals surface area contributed by atoms with Crippen molar-refractivity contribution >= 4 is 11.8 Å². The summed E-state index contributed by atoms with van der Waals surface area (Å²) in [5, 5.41) is 5.56. The molecule has 21 heavy (non-hydrogen) atoms. The van der Waals surface area contributed by atoms with Crippen molar-refractivity contribution in [1.29, 1.82) is 0 Å². The number of nitrogens with zero attached hydrogens (tertiary/aromatic N) is 1. The maximum absolute atomic E-state index is 11.8. The predicted molar refractivity (Wildman–Crippen MR) is 77.4 cm³/mol. The maximum Gasteiger partial charge on any atom is 0.223 e. The molecule has 0 bridgehead atoms. The van der Waals surface area contributed by atoms with E-state index in [2.05, 4.69) is 15.6 Å². The fraction of sp³-hybridized carbons (Fsp3) is 0.667. The van der Waals surface area contributed by atoms with Gasteiger partial charge in [-0.15, -0.1) is 0 Å². The Hall–Kier alpha value is -1.85. The van der Waals surface area contributed by atoms with Gasteiger partial charge in [-0.2, -0.15) is 0 Å². The highest BCUT2D eigenvalue weighted by Crippen LogP contribution is 2.24. The summed E-state index contributed by atoms with van der Waals surface area (Å²) in [6.07, 6.45) is 4.49. The zero-order valence-electron chi connectivity index (χ0n) is 12.7. The molecule has 1 aliphatic rings. The molecule has 0 unspecified atom stereocenters. The van der Waals surface area contributed by atoms with E-state index in [9.17, 15) is 9.59 Å². The molecule has 0 atom stereocenters. The summed E-state index contributed by atoms with van der Waals surface area (Å²) in [7, 11) is 0. The van der Waals surface area contributed by atoms with Crippen LogP contribution in [0.15, 0.2) is 4.42 Å². The summed E-state index contributed by atoms with van der Waals surface area (Å²) in [6.45, 7) is 4.36. The normalized spacial score (nSPS) is 15.1. The molecular formula is C15H23N3O3. The number of carbonyl (C=O) groups is 2. The molecule has 1 saturated carbocycles. The third-order valence-corrected chi connectivity index (χ3v) is 3.89. The summed E-state index contributed by atoms with van der Waals surface area (Å²) in [5.74, 6) is 1.39. The van der Waals surface area contributed by atoms with Crippen LogP contribution in [-0.4, -0.2) is 23.3 Å². The van der Waals surface area contributed by atoms with Crippen molar-refractivity contribution in [2.45, 2.75) is 52.5 Å². The standard InChI is InChI=1S/C15H23N3O3/c1-10-11(2)21-14(18-10)9-17-13(19)7-8-16-15(20)12-5-3-4-6-12/h12H,3-9H2,1-2H3,(H,16,20)(H,17,19). The molecule has 0 radical (unpaired) electrons. The molecule has 1 fully saturated rings. The van der Waals surface area contributed by atoms with Crippen LogP contribution in [0, 0.1) is 19.8 Å². The van der Waals surface area contributed by atoms with Gasteiger partial charge >= 0.3 is 0 Å². The minimum atomic E-state index is -0.116. The Morgan fingerprint density at radius 3 is 2.57 bits per heavy atom. The number of carbonyl (C=O) groups excluding carboxylic acids is 2. The molecule has 0 aromatic carbocycles. The molecule has 2 amide bonds. The SMILES string of the molecule is Cc1nc(CNC(=O)CCNC(=O)C2CCCC2)oc1C. The van der Waals surface area contributed by atoms with E-state index in [1.807, 2.05) is 13.8 Å². The number of amides is 2. The Labute approximate surface area is 124 Å². The van der Waals surface area contributed by atoms with Crippen molar-refractivity contribution in [1.82, 2.24) is 15.6 Å². The lowest BCUT2D eigenvalue weighted by Crippen LogP contribution is -2.33. The van der Waals surface area contributed by atoms with Crippen LogP contribution < -0.4 is 10.6 Å². The minimum absolute atomic E-state index is 0.0826. The largest absolute Gasteiger partial charge is 0.444 e. The van der Waals surface area contributed by atoms with Gasteiger partial charge in [0.15, 0.2) is 0 Å². The van der Waals surface area contributed by atoms with E-state index in [1.54, 1.807) is 0 Å². The van der Waals surface area contributed by atoms with Gasteiger partial charge in [-0.3, -0.25) is 9.59 Å². The van der Waals surface area contributed by atoms with E-state index in [4.69, 9.17) is 4.42 Å². The first-order chi connectivity index (χ1) is 10.1. The van der Waals surface area contributed by atoms with Gasteiger partial charge in [-0.1, -0.05) is 12.8 Å². The molecule has 1 aromatic heterocycles. The molecule has 0 spiro atoms. The van der Waals surface area contributed by atoms with Crippen LogP contribution >= 0.6 is 0 Å². The highest BCUT2D eigenvalue weighted by atomic mass is 16.4. The smallest absolute Gasteiger partial charge is 0.223 e. The number of aryl methyl sites for hydroxylation is 2. The first kappa shape index (κ1) is 15.5. The second-order valence-corrected chi connectivity index (χ2v) is 5.55. The fourth-order valence-electron chi connectivity index (χ4n) is 2.51. The quantitative estimate of drug-likeness (QED) is 0.834. The Balaban J connectivity index is 1.62. The van der Waals surface area contributed by atoms with Crippen molar-refractivity contribution in [3.05, 3.63) is 17.3 Å². The van der Waals surface area contributed by atoms with Gasteiger partial charge in [-0.25, -0.2) is 4.98 Å². The molecule has 2 rings (SSSR count). The zero-order valence-corrected chi connectivity index (χ0v) is 12.7. The Bertz CT molecular complexity index is 485. The molecule has 6 nitrogen and oxygen atoms in total. The lowest BCUT2D eigenvalue weighted by Gasteiger charge is -2.09. The third kappa shape index (κ3) is 4.58. The lowest BCUT2D eigenvalue weighted by molar-refractivity contribution is -0.125. The van der Waals surface area contributed by atoms with Gasteiger partial charge in [0.05, 0.1) is 12.2 Å². The molecule has 0 aliphatic heterocycles. The van der Waals surface area contributed by atoms with Crippen LogP contribution in [0.25, 0.3) is 0 Å². The van der Waals surface area contributed by atoms with E-state index >= 15 is 0 Å². The van der Waals surface area contributed by atoms with Gasteiger partial charge < -0.3 is 15.1 Å². The van der Waals surface area contributed by atoms with Gasteiger partial charge in [0.1, 0.15) is 5.76 Å². The molecule has 0 saturated heterocycles. The maximum atomic E-state index is 11.8. The monoisotopic (exact) mass is 293 g/mol. The minimum Gasteiger partial charge on any atom is -0.444 e. The van der Waals surface area contributed by atoms with Crippen LogP contribution in [0.4, 0.5) is 0 Å². The summed E-state index contributed by atoms with van der Waals surface area (Å²) in [4.78, 5) is 27.6. The van der Waals surface area contributed by atoms with E-state index in [-0.39, 0.29) is 30.7 Å². The molecule has 116 valence electrons. The molecule has 1 aromatic rings. The second kappa shape index (κ2) is 7.24. The first-order valence-electron chi connectivity index (χ1n) is 7.53. The summed E-state index contributed by atoms with van der Waals surface area (Å²) < 4.78 is 5.38. The summed E-state index contributed by atoms with van der Waals surface area (Å²) >= 11 is 0. The highest BCUT2D eigenvalue weighted by Gasteiger charge is 2.22. The number of nitrogens with one attached hydrogen (secondary N) is 2. The van der Waals surface area contributed by atoms with Crippen LogP contribution in [0.5, 0.6) is 0 Å². The van der Waals surface area contributed by atoms with Crippen LogP contribution in [-0.2, 0) is 16.1 Å². The number of hydrogen-bond donors (Lipinski definition) is 2. The molecule has 2 N–H and O–H groups in total. The van der Waals surface area contributed by atoms with Gasteiger partial charge in [0.25, 0.3) is 0 Å². The van der Waals surface area contributed by atoms with E-state index < -0.39 is 0 Å². The number of rotatable bonds is 6. The molecular weight excluding hydrogens is 270 g/mol. The van der Waals surface area contributed by atoms with Crippen molar-refractivity contribution in [2.75, 3.05) is 6.54 Å². The Kier molecular flexibility index (Phi) is 5.36. The van der Waals surface area contributed by atoms with Crippen molar-refractivity contribution in [3.8, 4) is 0 Å². The number of hydrogen-bond acceptors (Lipinski definition) is 4. The Morgan fingerprint density at radius 1 is 1.24 bits per heavy atom. The zero-order chi connectivity index (χ0) is 15.2. The van der Waals surface area contributed by atoms with Crippen molar-refractivity contribution in [2.24, 2.45) is 5.92 Å². The highest BCUT2D eigenvalue weighted by molar-refractivity contribution is 5.80. The molecule has 6 heteroatoms. The second-order valence-electron chi connectivity index (χ2n) is 5.55. The van der Waals surface area contributed by atoms with Crippen LogP contribution in [0.1, 0.15) is 49.4 Å². The van der Waals surface area contributed by atoms with E-state index in [0.717, 1.165) is 37.1 Å². The average Bonchev–Trinajstić information content (AvgIpc) is 3.07. The predicted octanol–water partition coefficient (Wildman–Crippen LogP) is 1.60. The van der Waals surface area contributed by atoms with Gasteiger partial charge in [-0.05, 0) is 26.7 Å². The number of aromatic nitrogens is 1. The molecule has 1 aliphatic carbocycles. The van der Waals surface area contributed by atoms with E-state index in [0.29, 0.717) is 12.4 Å². The first-order valence-corrected chi connectivity index (χ1v) is 7.53. The van der Waals surface area contributed by atoms with Gasteiger partial charge in [0.2, 0.25) is 17.7 Å². The van der Waals surface area contributed by atoms with Gasteiger partial charge in [0, 0.05) is 18.9 Å². The fourth-order valence-corrected chi connectivity index (χ4v) is 2.51.